The van der Waals surface area contributed by atoms with E-state index < -0.39 is 33.4 Å². The maximum absolute atomic E-state index is 12.1. The van der Waals surface area contributed by atoms with Gasteiger partial charge in [-0.3, -0.25) is 4.72 Å². The maximum Gasteiger partial charge on any atom is 0.448 e. The average molecular weight is 337 g/mol. The van der Waals surface area contributed by atoms with Gasteiger partial charge in [-0.2, -0.15) is 13.2 Å². The average Bonchev–Trinajstić information content (AvgIpc) is 2.60. The van der Waals surface area contributed by atoms with Crippen molar-refractivity contribution in [3.05, 3.63) is 0 Å². The summed E-state index contributed by atoms with van der Waals surface area (Å²) in [6, 6.07) is 0. The van der Waals surface area contributed by atoms with Crippen molar-refractivity contribution < 1.29 is 26.3 Å². The summed E-state index contributed by atoms with van der Waals surface area (Å²) in [7, 11) is -2.38. The lowest BCUT2D eigenvalue weighted by molar-refractivity contribution is -0.0328. The molecule has 0 saturated heterocycles. The van der Waals surface area contributed by atoms with E-state index in [0.717, 1.165) is 0 Å². The number of sulfonamides is 1. The fourth-order valence-electron chi connectivity index (χ4n) is 0.943. The number of anilines is 1. The molecule has 0 aromatic carbocycles. The first-order valence-electron chi connectivity index (χ1n) is 4.74. The van der Waals surface area contributed by atoms with Crippen molar-refractivity contribution in [1.29, 1.82) is 0 Å². The van der Waals surface area contributed by atoms with E-state index >= 15 is 0 Å². The zero-order valence-electron chi connectivity index (χ0n) is 9.76. The van der Waals surface area contributed by atoms with E-state index in [1.54, 1.807) is 6.92 Å². The van der Waals surface area contributed by atoms with Gasteiger partial charge in [0.2, 0.25) is 15.2 Å². The highest BCUT2D eigenvalue weighted by Gasteiger charge is 2.31. The van der Waals surface area contributed by atoms with Gasteiger partial charge in [-0.25, -0.2) is 8.42 Å². The zero-order valence-corrected chi connectivity index (χ0v) is 12.2. The third-order valence-electron chi connectivity index (χ3n) is 1.71. The fourth-order valence-corrected chi connectivity index (χ4v) is 3.93. The summed E-state index contributed by atoms with van der Waals surface area (Å²) in [5.41, 5.74) is -4.49. The Morgan fingerprint density at radius 1 is 1.47 bits per heavy atom. The smallest absolute Gasteiger partial charge is 0.381 e. The van der Waals surface area contributed by atoms with Crippen molar-refractivity contribution in [2.24, 2.45) is 0 Å². The van der Waals surface area contributed by atoms with Gasteiger partial charge in [0.1, 0.15) is 0 Å². The van der Waals surface area contributed by atoms with Crippen LogP contribution in [-0.2, 0) is 14.8 Å². The molecule has 0 saturated carbocycles. The Hall–Kier alpha value is -0.590. The number of methoxy groups -OCH3 is 1. The van der Waals surface area contributed by atoms with Crippen molar-refractivity contribution in [2.75, 3.05) is 17.6 Å². The molecule has 110 valence electrons. The minimum absolute atomic E-state index is 0.213. The molecule has 1 rings (SSSR count). The molecule has 0 spiro atoms. The van der Waals surface area contributed by atoms with Crippen LogP contribution in [0.2, 0.25) is 0 Å². The van der Waals surface area contributed by atoms with Crippen LogP contribution >= 0.6 is 23.1 Å². The summed E-state index contributed by atoms with van der Waals surface area (Å²) in [6.45, 7) is 1.55. The second-order valence-corrected chi connectivity index (χ2v) is 7.41. The van der Waals surface area contributed by atoms with Gasteiger partial charge >= 0.3 is 5.51 Å². The van der Waals surface area contributed by atoms with Crippen LogP contribution in [0.1, 0.15) is 6.92 Å². The van der Waals surface area contributed by atoms with Crippen molar-refractivity contribution in [2.45, 2.75) is 22.9 Å². The molecule has 0 amide bonds. The predicted molar refractivity (Wildman–Crippen MR) is 65.7 cm³/mol. The van der Waals surface area contributed by atoms with Gasteiger partial charge < -0.3 is 4.74 Å². The number of nitrogens with zero attached hydrogens (tertiary/aromatic N) is 2. The Labute approximate surface area is 115 Å². The number of ether oxygens (including phenoxy) is 1. The first kappa shape index (κ1) is 16.5. The fraction of sp³-hybridized carbons (Fsp3) is 0.714. The monoisotopic (exact) mass is 337 g/mol. The normalized spacial score (nSPS) is 14.4. The molecule has 0 aliphatic carbocycles. The van der Waals surface area contributed by atoms with Gasteiger partial charge in [0.15, 0.2) is 4.34 Å². The minimum Gasteiger partial charge on any atom is -0.381 e. The molecule has 0 fully saturated rings. The minimum atomic E-state index is -4.49. The largest absolute Gasteiger partial charge is 0.448 e. The Balaban J connectivity index is 2.68. The SMILES string of the molecule is COC(C)CS(=O)(=O)Nc1nnc(SC(F)(F)F)s1. The molecule has 0 aliphatic rings. The Morgan fingerprint density at radius 3 is 2.63 bits per heavy atom. The van der Waals surface area contributed by atoms with Crippen LogP contribution < -0.4 is 4.72 Å². The van der Waals surface area contributed by atoms with Crippen molar-refractivity contribution >= 4 is 38.3 Å². The first-order valence-corrected chi connectivity index (χ1v) is 8.02. The summed E-state index contributed by atoms with van der Waals surface area (Å²) >= 11 is 0.0623. The van der Waals surface area contributed by atoms with Gasteiger partial charge in [-0.15, -0.1) is 10.2 Å². The van der Waals surface area contributed by atoms with Crippen LogP contribution in [0, 0.1) is 0 Å². The Kier molecular flexibility index (Phi) is 5.41. The second kappa shape index (κ2) is 6.24. The number of hydrogen-bond acceptors (Lipinski definition) is 7. The van der Waals surface area contributed by atoms with Gasteiger partial charge in [0.25, 0.3) is 0 Å². The van der Waals surface area contributed by atoms with E-state index in [2.05, 4.69) is 10.2 Å². The summed E-state index contributed by atoms with van der Waals surface area (Å²) in [5, 5.41) is 6.36. The molecule has 1 unspecified atom stereocenters. The number of rotatable bonds is 6. The highest BCUT2D eigenvalue weighted by atomic mass is 32.2. The Morgan fingerprint density at radius 2 is 2.11 bits per heavy atom. The van der Waals surface area contributed by atoms with Crippen molar-refractivity contribution in [3.8, 4) is 0 Å². The lowest BCUT2D eigenvalue weighted by atomic mass is 10.5. The van der Waals surface area contributed by atoms with E-state index in [-0.39, 0.29) is 15.2 Å². The van der Waals surface area contributed by atoms with E-state index in [0.29, 0.717) is 11.3 Å². The molecule has 1 aromatic heterocycles. The maximum atomic E-state index is 12.1. The Bertz CT molecular complexity index is 516. The first-order chi connectivity index (χ1) is 8.61. The van der Waals surface area contributed by atoms with Gasteiger partial charge in [0, 0.05) is 18.9 Å². The standard InChI is InChI=1S/C7H10F3N3O3S3/c1-4(16-2)3-19(14,15)13-5-11-12-6(17-5)18-7(8,9)10/h4H,3H2,1-2H3,(H,11,13). The predicted octanol–water partition coefficient (Wildman–Crippen LogP) is 1.93. The van der Waals surface area contributed by atoms with Crippen LogP contribution in [0.15, 0.2) is 4.34 Å². The summed E-state index contributed by atoms with van der Waals surface area (Å²) in [4.78, 5) is 0. The molecule has 12 heteroatoms. The molecule has 6 nitrogen and oxygen atoms in total. The number of hydrogen-bond donors (Lipinski definition) is 1. The van der Waals surface area contributed by atoms with Crippen LogP contribution in [0.3, 0.4) is 0 Å². The van der Waals surface area contributed by atoms with Gasteiger partial charge in [-0.05, 0) is 6.92 Å². The quantitative estimate of drug-likeness (QED) is 0.799. The number of alkyl halides is 3. The highest BCUT2D eigenvalue weighted by Crippen LogP contribution is 2.39. The van der Waals surface area contributed by atoms with E-state index in [9.17, 15) is 21.6 Å². The third-order valence-corrected chi connectivity index (χ3v) is 4.87. The molecule has 1 N–H and O–H groups in total. The van der Waals surface area contributed by atoms with Crippen LogP contribution in [0.5, 0.6) is 0 Å². The third kappa shape index (κ3) is 6.40. The van der Waals surface area contributed by atoms with E-state index in [1.807, 2.05) is 4.72 Å². The summed E-state index contributed by atoms with van der Waals surface area (Å²) < 4.78 is 65.8. The molecule has 1 aromatic rings. The van der Waals surface area contributed by atoms with Gasteiger partial charge in [0.05, 0.1) is 11.9 Å². The van der Waals surface area contributed by atoms with E-state index in [1.165, 1.54) is 7.11 Å². The molecule has 1 atom stereocenters. The highest BCUT2D eigenvalue weighted by molar-refractivity contribution is 8.01. The second-order valence-electron chi connectivity index (χ2n) is 3.35. The van der Waals surface area contributed by atoms with Crippen molar-refractivity contribution in [3.63, 3.8) is 0 Å². The summed E-state index contributed by atoms with van der Waals surface area (Å²) in [5.74, 6) is -0.329. The summed E-state index contributed by atoms with van der Waals surface area (Å²) in [6.07, 6.45) is -0.547. The topological polar surface area (TPSA) is 81.2 Å². The van der Waals surface area contributed by atoms with E-state index in [4.69, 9.17) is 4.74 Å². The van der Waals surface area contributed by atoms with Crippen molar-refractivity contribution in [1.82, 2.24) is 10.2 Å². The number of aromatic nitrogens is 2. The molecule has 0 bridgehead atoms. The molecule has 0 aliphatic heterocycles. The molecule has 0 radical (unpaired) electrons. The van der Waals surface area contributed by atoms with Crippen LogP contribution in [0.25, 0.3) is 0 Å². The number of nitrogens with one attached hydrogen (secondary N) is 1. The lowest BCUT2D eigenvalue weighted by Crippen LogP contribution is -2.25. The molecule has 19 heavy (non-hydrogen) atoms. The van der Waals surface area contributed by atoms with Crippen LogP contribution in [-0.4, -0.2) is 43.1 Å². The number of halogens is 3. The molecular formula is C7H10F3N3O3S3. The molecular weight excluding hydrogens is 327 g/mol. The van der Waals surface area contributed by atoms with Crippen LogP contribution in [0.4, 0.5) is 18.3 Å². The molecule has 1 heterocycles. The van der Waals surface area contributed by atoms with Gasteiger partial charge in [-0.1, -0.05) is 11.3 Å². The number of thioether (sulfide) groups is 1. The lowest BCUT2D eigenvalue weighted by Gasteiger charge is -2.09. The zero-order chi connectivity index (χ0) is 14.7.